The van der Waals surface area contributed by atoms with Crippen molar-refractivity contribution < 1.29 is 9.72 Å². The molecule has 1 amide bonds. The Labute approximate surface area is 105 Å². The maximum Gasteiger partial charge on any atom is 0.269 e. The van der Waals surface area contributed by atoms with Crippen LogP contribution in [0.3, 0.4) is 0 Å². The molecule has 0 bridgehead atoms. The first kappa shape index (κ1) is 12.5. The van der Waals surface area contributed by atoms with Gasteiger partial charge in [-0.15, -0.1) is 0 Å². The van der Waals surface area contributed by atoms with Crippen LogP contribution in [-0.2, 0) is 0 Å². The van der Waals surface area contributed by atoms with E-state index in [9.17, 15) is 14.9 Å². The molecule has 96 valence electrons. The first-order valence-electron chi connectivity index (χ1n) is 5.73. The molecule has 0 aliphatic carbocycles. The Morgan fingerprint density at radius 3 is 2.61 bits per heavy atom. The van der Waals surface area contributed by atoms with E-state index in [-0.39, 0.29) is 17.6 Å². The van der Waals surface area contributed by atoms with Crippen LogP contribution < -0.4 is 5.32 Å². The number of hydrogen-bond acceptors (Lipinski definition) is 4. The van der Waals surface area contributed by atoms with E-state index in [1.54, 1.807) is 18.9 Å². The average molecular weight is 249 g/mol. The number of aryl methyl sites for hydroxylation is 1. The number of nitro benzene ring substituents is 1. The van der Waals surface area contributed by atoms with Gasteiger partial charge >= 0.3 is 0 Å². The third-order valence-electron chi connectivity index (χ3n) is 3.28. The van der Waals surface area contributed by atoms with Crippen molar-refractivity contribution in [1.29, 1.82) is 0 Å². The molecule has 18 heavy (non-hydrogen) atoms. The number of nitro groups is 1. The Balaban J connectivity index is 2.22. The number of non-ortho nitro benzene ring substituents is 1. The number of hydrogen-bond donors (Lipinski definition) is 1. The number of amides is 1. The monoisotopic (exact) mass is 249 g/mol. The number of rotatable bonds is 3. The molecule has 0 radical (unpaired) electrons. The van der Waals surface area contributed by atoms with Crippen LogP contribution in [0, 0.1) is 17.0 Å². The van der Waals surface area contributed by atoms with Crippen LogP contribution in [-0.4, -0.2) is 41.9 Å². The zero-order valence-corrected chi connectivity index (χ0v) is 10.3. The van der Waals surface area contributed by atoms with E-state index < -0.39 is 4.92 Å². The zero-order chi connectivity index (χ0) is 13.3. The summed E-state index contributed by atoms with van der Waals surface area (Å²) in [5.41, 5.74) is 1.17. The fourth-order valence-electron chi connectivity index (χ4n) is 1.90. The molecule has 0 saturated carbocycles. The van der Waals surface area contributed by atoms with Crippen LogP contribution in [0.25, 0.3) is 0 Å². The van der Waals surface area contributed by atoms with Crippen LogP contribution in [0.4, 0.5) is 5.69 Å². The fraction of sp³-hybridized carbons (Fsp3) is 0.417. The van der Waals surface area contributed by atoms with Crippen molar-refractivity contribution in [1.82, 2.24) is 10.2 Å². The minimum Gasteiger partial charge on any atom is -0.336 e. The molecule has 1 aliphatic heterocycles. The van der Waals surface area contributed by atoms with Gasteiger partial charge in [0.25, 0.3) is 11.6 Å². The zero-order valence-electron chi connectivity index (χ0n) is 10.3. The summed E-state index contributed by atoms with van der Waals surface area (Å²) in [6, 6.07) is 4.54. The number of nitrogens with one attached hydrogen (secondary N) is 1. The number of benzene rings is 1. The molecular weight excluding hydrogens is 234 g/mol. The third kappa shape index (κ3) is 2.19. The lowest BCUT2D eigenvalue weighted by molar-refractivity contribution is -0.384. The summed E-state index contributed by atoms with van der Waals surface area (Å²) in [4.78, 5) is 24.1. The summed E-state index contributed by atoms with van der Waals surface area (Å²) >= 11 is 0. The van der Waals surface area contributed by atoms with Crippen molar-refractivity contribution in [3.05, 3.63) is 39.4 Å². The van der Waals surface area contributed by atoms with E-state index in [2.05, 4.69) is 5.32 Å². The lowest BCUT2D eigenvalue weighted by Gasteiger charge is -2.35. The van der Waals surface area contributed by atoms with E-state index in [0.29, 0.717) is 11.1 Å². The van der Waals surface area contributed by atoms with Gasteiger partial charge < -0.3 is 10.2 Å². The normalized spacial score (nSPS) is 15.0. The summed E-state index contributed by atoms with van der Waals surface area (Å²) in [5, 5.41) is 13.7. The van der Waals surface area contributed by atoms with Gasteiger partial charge in [0.15, 0.2) is 0 Å². The third-order valence-corrected chi connectivity index (χ3v) is 3.28. The van der Waals surface area contributed by atoms with E-state index >= 15 is 0 Å². The minimum absolute atomic E-state index is 0.0111. The Bertz CT molecular complexity index is 497. The largest absolute Gasteiger partial charge is 0.336 e. The lowest BCUT2D eigenvalue weighted by Crippen LogP contribution is -2.57. The molecule has 6 heteroatoms. The van der Waals surface area contributed by atoms with Crippen LogP contribution in [0.1, 0.15) is 15.9 Å². The summed E-state index contributed by atoms with van der Waals surface area (Å²) in [6.45, 7) is 3.32. The van der Waals surface area contributed by atoms with Crippen molar-refractivity contribution in [2.45, 2.75) is 13.0 Å². The van der Waals surface area contributed by atoms with Gasteiger partial charge in [-0.3, -0.25) is 14.9 Å². The second-order valence-corrected chi connectivity index (χ2v) is 4.48. The van der Waals surface area contributed by atoms with Gasteiger partial charge in [-0.1, -0.05) is 0 Å². The number of carbonyl (C=O) groups excluding carboxylic acids is 1. The van der Waals surface area contributed by atoms with Gasteiger partial charge in [-0.05, 0) is 18.6 Å². The van der Waals surface area contributed by atoms with Crippen molar-refractivity contribution >= 4 is 11.6 Å². The topological polar surface area (TPSA) is 75.5 Å². The maximum atomic E-state index is 12.2. The molecule has 6 nitrogen and oxygen atoms in total. The lowest BCUT2D eigenvalue weighted by atomic mass is 10.0. The van der Waals surface area contributed by atoms with Gasteiger partial charge in [-0.25, -0.2) is 0 Å². The molecule has 1 aliphatic rings. The predicted octanol–water partition coefficient (Wildman–Crippen LogP) is 0.947. The molecule has 1 saturated heterocycles. The maximum absolute atomic E-state index is 12.2. The highest BCUT2D eigenvalue weighted by molar-refractivity contribution is 5.96. The van der Waals surface area contributed by atoms with Crippen molar-refractivity contribution in [3.8, 4) is 0 Å². The SMILES string of the molecule is Cc1cc([N+](=O)[O-])ccc1C(=O)N(C)C1CNC1. The molecule has 0 aromatic heterocycles. The molecule has 1 aromatic rings. The average Bonchev–Trinajstić information content (AvgIpc) is 2.25. The Morgan fingerprint density at radius 2 is 2.17 bits per heavy atom. The quantitative estimate of drug-likeness (QED) is 0.639. The molecule has 1 aromatic carbocycles. The standard InChI is InChI=1S/C12H15N3O3/c1-8-5-9(15(17)18)3-4-11(8)12(16)14(2)10-6-13-7-10/h3-5,10,13H,6-7H2,1-2H3. The summed E-state index contributed by atoms with van der Waals surface area (Å²) in [7, 11) is 1.76. The van der Waals surface area contributed by atoms with Gasteiger partial charge in [0.1, 0.15) is 0 Å². The molecule has 1 heterocycles. The number of nitrogens with zero attached hydrogens (tertiary/aromatic N) is 2. The smallest absolute Gasteiger partial charge is 0.269 e. The molecule has 0 spiro atoms. The van der Waals surface area contributed by atoms with E-state index in [4.69, 9.17) is 0 Å². The molecule has 1 N–H and O–H groups in total. The number of carbonyl (C=O) groups is 1. The van der Waals surface area contributed by atoms with Gasteiger partial charge in [0.2, 0.25) is 0 Å². The molecule has 2 rings (SSSR count). The van der Waals surface area contributed by atoms with E-state index in [1.165, 1.54) is 18.2 Å². The van der Waals surface area contributed by atoms with Crippen LogP contribution >= 0.6 is 0 Å². The number of likely N-dealkylation sites (N-methyl/N-ethyl adjacent to an activating group) is 1. The molecular formula is C12H15N3O3. The van der Waals surface area contributed by atoms with Gasteiger partial charge in [0, 0.05) is 37.8 Å². The van der Waals surface area contributed by atoms with Crippen LogP contribution in [0.5, 0.6) is 0 Å². The van der Waals surface area contributed by atoms with Crippen LogP contribution in [0.2, 0.25) is 0 Å². The highest BCUT2D eigenvalue weighted by Crippen LogP contribution is 2.19. The highest BCUT2D eigenvalue weighted by Gasteiger charge is 2.27. The van der Waals surface area contributed by atoms with Gasteiger partial charge in [0.05, 0.1) is 11.0 Å². The second kappa shape index (κ2) is 4.73. The molecule has 1 fully saturated rings. The second-order valence-electron chi connectivity index (χ2n) is 4.48. The Hall–Kier alpha value is -1.95. The Kier molecular flexibility index (Phi) is 3.29. The van der Waals surface area contributed by atoms with Crippen molar-refractivity contribution in [2.24, 2.45) is 0 Å². The summed E-state index contributed by atoms with van der Waals surface area (Å²) in [5.74, 6) is -0.0890. The molecule has 0 unspecified atom stereocenters. The highest BCUT2D eigenvalue weighted by atomic mass is 16.6. The summed E-state index contributed by atoms with van der Waals surface area (Å²) in [6.07, 6.45) is 0. The van der Waals surface area contributed by atoms with Crippen molar-refractivity contribution in [3.63, 3.8) is 0 Å². The van der Waals surface area contributed by atoms with Crippen LogP contribution in [0.15, 0.2) is 18.2 Å². The first-order valence-corrected chi connectivity index (χ1v) is 5.73. The first-order chi connectivity index (χ1) is 8.50. The summed E-state index contributed by atoms with van der Waals surface area (Å²) < 4.78 is 0. The fourth-order valence-corrected chi connectivity index (χ4v) is 1.90. The van der Waals surface area contributed by atoms with E-state index in [1.807, 2.05) is 0 Å². The van der Waals surface area contributed by atoms with Gasteiger partial charge in [-0.2, -0.15) is 0 Å². The Morgan fingerprint density at radius 1 is 1.50 bits per heavy atom. The predicted molar refractivity (Wildman–Crippen MR) is 66.6 cm³/mol. The minimum atomic E-state index is -0.458. The van der Waals surface area contributed by atoms with E-state index in [0.717, 1.165) is 13.1 Å². The molecule has 0 atom stereocenters. The van der Waals surface area contributed by atoms with Crippen molar-refractivity contribution in [2.75, 3.05) is 20.1 Å².